The highest BCUT2D eigenvalue weighted by atomic mass is 32.1. The van der Waals surface area contributed by atoms with Crippen molar-refractivity contribution >= 4 is 85.9 Å². The summed E-state index contributed by atoms with van der Waals surface area (Å²) in [5.74, 6) is 0. The molecular weight excluding hydrogens is 685 g/mol. The molecule has 0 aliphatic rings. The third kappa shape index (κ3) is 4.60. The van der Waals surface area contributed by atoms with E-state index >= 15 is 0 Å². The van der Waals surface area contributed by atoms with Crippen molar-refractivity contribution in [2.75, 3.05) is 0 Å². The van der Waals surface area contributed by atoms with E-state index in [1.54, 1.807) is 0 Å². The van der Waals surface area contributed by atoms with E-state index in [2.05, 4.69) is 203 Å². The maximum absolute atomic E-state index is 2.49. The van der Waals surface area contributed by atoms with Crippen LogP contribution >= 0.6 is 11.3 Å². The Balaban J connectivity index is 1.07. The minimum absolute atomic E-state index is 1.16. The summed E-state index contributed by atoms with van der Waals surface area (Å²) in [5, 5.41) is 10.2. The predicted octanol–water partition coefficient (Wildman–Crippen LogP) is 14.7. The van der Waals surface area contributed by atoms with Gasteiger partial charge >= 0.3 is 0 Å². The zero-order valence-corrected chi connectivity index (χ0v) is 30.6. The normalized spacial score (nSPS) is 12.0. The number of hydrogen-bond donors (Lipinski definition) is 0. The SMILES string of the molecule is c1ccc(-c2ccc(-n3c4ccccc4c4cc(-c5ccc6c(c5)c5cc7c(cc5n6-c5cccc6ccccc56)sc5ccccc57)ccc43)cc2)cc1. The topological polar surface area (TPSA) is 9.86 Å². The van der Waals surface area contributed by atoms with Crippen LogP contribution in [0.15, 0.2) is 194 Å². The Bertz CT molecular complexity index is 3470. The molecule has 2 nitrogen and oxygen atoms in total. The average Bonchev–Trinajstić information content (AvgIpc) is 3.89. The second-order valence-electron chi connectivity index (χ2n) is 14.5. The maximum Gasteiger partial charge on any atom is 0.0555 e. The van der Waals surface area contributed by atoms with Gasteiger partial charge in [0.25, 0.3) is 0 Å². The lowest BCUT2D eigenvalue weighted by molar-refractivity contribution is 1.18. The van der Waals surface area contributed by atoms with E-state index in [4.69, 9.17) is 0 Å². The summed E-state index contributed by atoms with van der Waals surface area (Å²) >= 11 is 1.88. The first-order chi connectivity index (χ1) is 27.3. The van der Waals surface area contributed by atoms with E-state index in [0.29, 0.717) is 0 Å². The molecule has 9 aromatic carbocycles. The summed E-state index contributed by atoms with van der Waals surface area (Å²) in [5.41, 5.74) is 12.1. The summed E-state index contributed by atoms with van der Waals surface area (Å²) in [6.07, 6.45) is 0. The fourth-order valence-corrected chi connectivity index (χ4v) is 10.1. The Morgan fingerprint density at radius 3 is 1.69 bits per heavy atom. The molecule has 0 fully saturated rings. The van der Waals surface area contributed by atoms with E-state index in [1.807, 2.05) is 11.3 Å². The summed E-state index contributed by atoms with van der Waals surface area (Å²) in [6.45, 7) is 0. The van der Waals surface area contributed by atoms with Crippen molar-refractivity contribution in [2.24, 2.45) is 0 Å². The highest BCUT2D eigenvalue weighted by molar-refractivity contribution is 7.25. The second-order valence-corrected chi connectivity index (χ2v) is 15.6. The number of hydrogen-bond acceptors (Lipinski definition) is 1. The van der Waals surface area contributed by atoms with Crippen molar-refractivity contribution < 1.29 is 0 Å². The van der Waals surface area contributed by atoms with E-state index in [0.717, 1.165) is 5.69 Å². The molecule has 3 aromatic heterocycles. The number of nitrogens with zero attached hydrogens (tertiary/aromatic N) is 2. The number of benzene rings is 9. The fraction of sp³-hybridized carbons (Fsp3) is 0. The van der Waals surface area contributed by atoms with Crippen LogP contribution in [-0.4, -0.2) is 9.13 Å². The standard InChI is InChI=1S/C52H32N2S/c1-2-11-33(12-3-1)34-21-25-38(26-22-34)53-47-18-8-6-16-40(47)42-29-36(23-27-48(42)53)37-24-28-49-43(30-37)44-31-45-41-17-7-9-20-51(41)55-52(45)32-50(44)54(49)46-19-10-14-35-13-4-5-15-39(35)46/h1-32H. The average molecular weight is 717 g/mol. The lowest BCUT2D eigenvalue weighted by Crippen LogP contribution is -1.95. The van der Waals surface area contributed by atoms with Crippen LogP contribution in [0.1, 0.15) is 0 Å². The smallest absolute Gasteiger partial charge is 0.0555 e. The maximum atomic E-state index is 2.49. The molecule has 0 radical (unpaired) electrons. The molecule has 3 heterocycles. The van der Waals surface area contributed by atoms with E-state index < -0.39 is 0 Å². The van der Waals surface area contributed by atoms with E-state index in [1.165, 1.54) is 102 Å². The van der Waals surface area contributed by atoms with Crippen molar-refractivity contribution in [3.05, 3.63) is 194 Å². The lowest BCUT2D eigenvalue weighted by Gasteiger charge is -2.12. The molecule has 0 saturated heterocycles. The van der Waals surface area contributed by atoms with Crippen molar-refractivity contribution in [3.8, 4) is 33.6 Å². The molecule has 0 amide bonds. The van der Waals surface area contributed by atoms with Crippen LogP contribution in [0.2, 0.25) is 0 Å². The summed E-state index contributed by atoms with van der Waals surface area (Å²) < 4.78 is 7.53. The van der Waals surface area contributed by atoms with Gasteiger partial charge in [-0.3, -0.25) is 0 Å². The highest BCUT2D eigenvalue weighted by Crippen LogP contribution is 2.43. The molecule has 3 heteroatoms. The van der Waals surface area contributed by atoms with Crippen LogP contribution in [0.5, 0.6) is 0 Å². The molecule has 55 heavy (non-hydrogen) atoms. The molecule has 0 aliphatic carbocycles. The Kier molecular flexibility index (Phi) is 6.54. The zero-order chi connectivity index (χ0) is 36.0. The molecule has 256 valence electrons. The molecule has 0 N–H and O–H groups in total. The molecule has 12 aromatic rings. The van der Waals surface area contributed by atoms with Gasteiger partial charge in [0.15, 0.2) is 0 Å². The van der Waals surface area contributed by atoms with Gasteiger partial charge in [0.1, 0.15) is 0 Å². The third-order valence-electron chi connectivity index (χ3n) is 11.5. The van der Waals surface area contributed by atoms with E-state index in [-0.39, 0.29) is 0 Å². The van der Waals surface area contributed by atoms with Crippen molar-refractivity contribution in [1.29, 1.82) is 0 Å². The van der Waals surface area contributed by atoms with Crippen molar-refractivity contribution in [2.45, 2.75) is 0 Å². The molecule has 0 atom stereocenters. The molecule has 0 saturated carbocycles. The number of thiophene rings is 1. The van der Waals surface area contributed by atoms with Gasteiger partial charge < -0.3 is 9.13 Å². The van der Waals surface area contributed by atoms with Crippen LogP contribution in [-0.2, 0) is 0 Å². The van der Waals surface area contributed by atoms with Crippen LogP contribution in [0.3, 0.4) is 0 Å². The van der Waals surface area contributed by atoms with Crippen LogP contribution in [0.4, 0.5) is 0 Å². The van der Waals surface area contributed by atoms with Gasteiger partial charge in [-0.1, -0.05) is 127 Å². The van der Waals surface area contributed by atoms with Crippen LogP contribution < -0.4 is 0 Å². The fourth-order valence-electron chi connectivity index (χ4n) is 8.94. The Hall–Kier alpha value is -6.94. The van der Waals surface area contributed by atoms with Crippen LogP contribution in [0.25, 0.3) is 108 Å². The minimum atomic E-state index is 1.16. The number of fused-ring (bicyclic) bond motifs is 10. The lowest BCUT2D eigenvalue weighted by atomic mass is 10.00. The first-order valence-corrected chi connectivity index (χ1v) is 19.7. The summed E-state index contributed by atoms with van der Waals surface area (Å²) in [6, 6.07) is 71.5. The molecule has 0 bridgehead atoms. The molecule has 0 spiro atoms. The van der Waals surface area contributed by atoms with Gasteiger partial charge in [0, 0.05) is 52.8 Å². The Morgan fingerprint density at radius 2 is 0.873 bits per heavy atom. The quantitative estimate of drug-likeness (QED) is 0.172. The Labute approximate surface area is 321 Å². The van der Waals surface area contributed by atoms with Gasteiger partial charge in [-0.05, 0) is 94.4 Å². The molecule has 12 rings (SSSR count). The Morgan fingerprint density at radius 1 is 0.291 bits per heavy atom. The monoisotopic (exact) mass is 716 g/mol. The van der Waals surface area contributed by atoms with Gasteiger partial charge in [-0.25, -0.2) is 0 Å². The predicted molar refractivity (Wildman–Crippen MR) is 236 cm³/mol. The first kappa shape index (κ1) is 30.5. The molecule has 0 unspecified atom stereocenters. The van der Waals surface area contributed by atoms with Gasteiger partial charge in [-0.2, -0.15) is 0 Å². The molecular formula is C52H32N2S. The minimum Gasteiger partial charge on any atom is -0.309 e. The largest absolute Gasteiger partial charge is 0.309 e. The van der Waals surface area contributed by atoms with Crippen LogP contribution in [0, 0.1) is 0 Å². The zero-order valence-electron chi connectivity index (χ0n) is 29.8. The number of para-hydroxylation sites is 1. The van der Waals surface area contributed by atoms with Crippen molar-refractivity contribution in [3.63, 3.8) is 0 Å². The summed E-state index contributed by atoms with van der Waals surface area (Å²) in [4.78, 5) is 0. The molecule has 0 aliphatic heterocycles. The van der Waals surface area contributed by atoms with Gasteiger partial charge in [0.2, 0.25) is 0 Å². The highest BCUT2D eigenvalue weighted by Gasteiger charge is 2.19. The van der Waals surface area contributed by atoms with Gasteiger partial charge in [-0.15, -0.1) is 11.3 Å². The van der Waals surface area contributed by atoms with Crippen molar-refractivity contribution in [1.82, 2.24) is 9.13 Å². The van der Waals surface area contributed by atoms with E-state index in [9.17, 15) is 0 Å². The second kappa shape index (κ2) is 11.8. The number of rotatable bonds is 4. The third-order valence-corrected chi connectivity index (χ3v) is 12.6. The first-order valence-electron chi connectivity index (χ1n) is 18.8. The number of aromatic nitrogens is 2. The summed E-state index contributed by atoms with van der Waals surface area (Å²) in [7, 11) is 0. The van der Waals surface area contributed by atoms with Gasteiger partial charge in [0.05, 0.1) is 27.8 Å².